The van der Waals surface area contributed by atoms with E-state index in [4.69, 9.17) is 62.0 Å². The van der Waals surface area contributed by atoms with Crippen LogP contribution < -0.4 is 25.3 Å². The minimum atomic E-state index is -5.08. The van der Waals surface area contributed by atoms with E-state index in [-0.39, 0.29) is 127 Å². The summed E-state index contributed by atoms with van der Waals surface area (Å²) < 4.78 is 84.3. The number of carboxylic acid groups (broad SMARTS) is 1. The fourth-order valence-electron chi connectivity index (χ4n) is 16.5. The minimum absolute atomic E-state index is 0.0282. The van der Waals surface area contributed by atoms with E-state index in [2.05, 4.69) is 25.3 Å². The first-order chi connectivity index (χ1) is 61.0. The Labute approximate surface area is 744 Å². The topological polar surface area (TPSA) is 381 Å². The van der Waals surface area contributed by atoms with Gasteiger partial charge in [0, 0.05) is 170 Å². The van der Waals surface area contributed by atoms with Gasteiger partial charge in [-0.25, -0.2) is 47.5 Å². The number of benzene rings is 5. The molecule has 6 N–H and O–H groups in total. The first-order valence-corrected chi connectivity index (χ1v) is 42.9. The van der Waals surface area contributed by atoms with Crippen LogP contribution in [0.15, 0.2) is 165 Å². The van der Waals surface area contributed by atoms with Crippen molar-refractivity contribution < 1.29 is 109 Å². The van der Waals surface area contributed by atoms with Gasteiger partial charge in [-0.2, -0.15) is 13.2 Å². The van der Waals surface area contributed by atoms with E-state index in [0.717, 1.165) is 41.8 Å². The molecule has 5 aromatic carbocycles. The number of aliphatic hydroxyl groups is 3. The highest BCUT2D eigenvalue weighted by molar-refractivity contribution is 7.12. The number of amides is 6. The third kappa shape index (κ3) is 22.2. The Kier molecular flexibility index (Phi) is 31.9. The number of amidine groups is 2. The fraction of sp³-hybridized carbons (Fsp3) is 0.407. The van der Waals surface area contributed by atoms with Crippen LogP contribution in [0.3, 0.4) is 0 Å². The van der Waals surface area contributed by atoms with Gasteiger partial charge in [-0.3, -0.25) is 48.9 Å². The number of nitrogens with zero attached hydrogens (tertiary/aromatic N) is 12. The fourth-order valence-corrected chi connectivity index (χ4v) is 18.2. The summed E-state index contributed by atoms with van der Waals surface area (Å²) >= 11 is 15.7. The molecule has 8 atom stereocenters. The number of ether oxygens (including phenoxy) is 5. The monoisotopic (exact) mass is 1840 g/mol. The van der Waals surface area contributed by atoms with Crippen molar-refractivity contribution in [1.29, 1.82) is 0 Å². The number of aromatic nitrogens is 2. The van der Waals surface area contributed by atoms with Crippen LogP contribution in [0.25, 0.3) is 0 Å². The number of thiazole rings is 2. The van der Waals surface area contributed by atoms with Gasteiger partial charge in [-0.05, 0) is 109 Å². The molecule has 10 heterocycles. The van der Waals surface area contributed by atoms with Crippen LogP contribution in [0.1, 0.15) is 82.0 Å². The third-order valence-corrected chi connectivity index (χ3v) is 25.3. The maximum Gasteiger partial charge on any atom is 0.490 e. The number of alkyl halides is 3. The van der Waals surface area contributed by atoms with Crippen LogP contribution in [-0.4, -0.2) is 278 Å². The normalized spacial score (nSPS) is 21.0. The summed E-state index contributed by atoms with van der Waals surface area (Å²) in [6.07, 6.45) is 2.69. The molecule has 6 fully saturated rings. The number of hydrogen-bond donors (Lipinski definition) is 6. The van der Waals surface area contributed by atoms with Crippen molar-refractivity contribution in [3.05, 3.63) is 214 Å². The molecule has 7 aromatic rings. The van der Waals surface area contributed by atoms with Gasteiger partial charge in [0.05, 0.1) is 90.1 Å². The number of nitrogens with one attached hydrogen (secondary N) is 2. The number of piperazine rings is 2. The number of carbonyl (C=O) groups excluding carboxylic acids is 8. The number of aryl methyl sites for hydroxylation is 3. The van der Waals surface area contributed by atoms with E-state index < -0.39 is 59.9 Å². The average molecular weight is 1840 g/mol. The Balaban J connectivity index is 0.000000175. The average Bonchev–Trinajstić information content (AvgIpc) is 1.69. The number of halogens is 7. The van der Waals surface area contributed by atoms with Gasteiger partial charge < -0.3 is 69.4 Å². The number of hydrogen-bond acceptors (Lipinski definition) is 27. The lowest BCUT2D eigenvalue weighted by atomic mass is 9.91. The number of rotatable bonds is 25. The quantitative estimate of drug-likeness (QED) is 0.0176. The van der Waals surface area contributed by atoms with Gasteiger partial charge in [-0.1, -0.05) is 71.7 Å². The summed E-state index contributed by atoms with van der Waals surface area (Å²) in [5, 5.41) is 49.6. The SMILES string of the molecule is COC(=O)CCc1ccc(N2CC3C(CO)CCCN3C2=O)cc1.COC(=O)CCc1ccc(N2C[C@@H]3[C@@H](CO)N(CC4=C(C(=O)OC)[C@H](c5ccc(F)cc5Cl)N=C(c5nccs5)N4)CCN3C2=O)cc1.COC(=O)CCc1ccc(N2C[C@H]3[C@H](CO)N(CC4=C(C(=O)OC)[C@H](c5ccc(F)cc5Cl)N=C(c5nccs5)N4)CCN3C2=O)cc1.O=C(O)C(F)(F)F. The van der Waals surface area contributed by atoms with Crippen LogP contribution in [0.5, 0.6) is 0 Å². The second-order valence-electron chi connectivity index (χ2n) is 30.3. The van der Waals surface area contributed by atoms with E-state index >= 15 is 0 Å². The maximum absolute atomic E-state index is 14.0. The highest BCUT2D eigenvalue weighted by Crippen LogP contribution is 2.42. The molecule has 6 saturated heterocycles. The number of piperidine rings is 1. The van der Waals surface area contributed by atoms with E-state index in [1.54, 1.807) is 47.7 Å². The number of urea groups is 3. The van der Waals surface area contributed by atoms with Gasteiger partial charge in [0.2, 0.25) is 0 Å². The number of methoxy groups -OCH3 is 5. The van der Waals surface area contributed by atoms with E-state index in [9.17, 15) is 75.6 Å². The first kappa shape index (κ1) is 94.6. The van der Waals surface area contributed by atoms with Crippen molar-refractivity contribution in [1.82, 2.24) is 45.1 Å². The second-order valence-corrected chi connectivity index (χ2v) is 32.9. The number of aliphatic hydroxyl groups excluding tert-OH is 3. The summed E-state index contributed by atoms with van der Waals surface area (Å²) in [7, 11) is 6.65. The summed E-state index contributed by atoms with van der Waals surface area (Å²) in [4.78, 5) is 143. The van der Waals surface area contributed by atoms with Crippen molar-refractivity contribution >= 4 is 129 Å². The lowest BCUT2D eigenvalue weighted by Gasteiger charge is -2.43. The molecule has 0 spiro atoms. The number of anilines is 3. The van der Waals surface area contributed by atoms with Crippen molar-refractivity contribution in [3.63, 3.8) is 0 Å². The number of carbonyl (C=O) groups is 9. The van der Waals surface area contributed by atoms with Crippen LogP contribution >= 0.6 is 45.9 Å². The smallest absolute Gasteiger partial charge is 0.475 e. The second kappa shape index (κ2) is 42.8. The third-order valence-electron chi connectivity index (χ3n) is 23.0. The Morgan fingerprint density at radius 2 is 0.850 bits per heavy atom. The molecular formula is C86H93Cl2F5N14O18S2. The number of carboxylic acids is 1. The number of aliphatic imine (C=N–C) groups is 2. The van der Waals surface area contributed by atoms with Gasteiger partial charge in [0.1, 0.15) is 23.7 Å². The Bertz CT molecular complexity index is 5020. The van der Waals surface area contributed by atoms with E-state index in [1.807, 2.05) is 87.5 Å². The summed E-state index contributed by atoms with van der Waals surface area (Å²) in [5.41, 5.74) is 7.42. The van der Waals surface area contributed by atoms with Gasteiger partial charge in [-0.15, -0.1) is 22.7 Å². The summed E-state index contributed by atoms with van der Waals surface area (Å²) in [6, 6.07) is 27.0. The Hall–Kier alpha value is -11.6. The number of esters is 5. The summed E-state index contributed by atoms with van der Waals surface area (Å²) in [5.74, 6) is -4.88. The van der Waals surface area contributed by atoms with E-state index in [0.29, 0.717) is 127 Å². The van der Waals surface area contributed by atoms with Crippen LogP contribution in [0.2, 0.25) is 10.0 Å². The van der Waals surface area contributed by atoms with Crippen LogP contribution in [0, 0.1) is 17.6 Å². The predicted molar refractivity (Wildman–Crippen MR) is 458 cm³/mol. The standard InChI is InChI=1S/2C33H34ClFN6O6S.C18H24N2O4.C2HF3O2/c2*1-46-27(43)10-5-19-3-7-21(8-4-19)41-17-25-26(18-42)39(12-13-40(25)33(41)45)16-24-28(32(44)47-2)29(22-9-6-20(35)15-23(22)34)38-30(37-24)31-36-11-14-48-31;1-24-17(22)9-6-13-4-7-15(8-5-13)20-11-16-14(12-21)3-2-10-19(16)18(20)23;3-2(4,5)1(6)7/h2*3-4,6-9,11,14-15,25-26,29,42H,5,10,12-13,16-18H2,1-2H3,(H,37,38);4-5,7-8,14,16,21H,2-3,6,9-12H2,1H3;(H,6,7)/t25-,26-,29+;25-,26-,29-;;/m10../s1. The molecule has 15 rings (SSSR count). The zero-order valence-electron chi connectivity index (χ0n) is 69.5. The summed E-state index contributed by atoms with van der Waals surface area (Å²) in [6.45, 7) is 3.74. The Morgan fingerprint density at radius 3 is 1.16 bits per heavy atom. The van der Waals surface area contributed by atoms with Crippen molar-refractivity contribution in [2.45, 2.75) is 99.8 Å². The molecule has 41 heteroatoms. The zero-order chi connectivity index (χ0) is 91.1. The molecular weight excluding hydrogens is 1750 g/mol. The molecule has 8 aliphatic heterocycles. The largest absolute Gasteiger partial charge is 0.490 e. The first-order valence-electron chi connectivity index (χ1n) is 40.4. The zero-order valence-corrected chi connectivity index (χ0v) is 72.6. The molecule has 0 radical (unpaired) electrons. The molecule has 0 aliphatic carbocycles. The lowest BCUT2D eigenvalue weighted by molar-refractivity contribution is -0.192. The van der Waals surface area contributed by atoms with Crippen LogP contribution in [0.4, 0.5) is 53.4 Å². The van der Waals surface area contributed by atoms with Crippen molar-refractivity contribution in [3.8, 4) is 0 Å². The maximum atomic E-state index is 14.0. The van der Waals surface area contributed by atoms with Gasteiger partial charge in [0.25, 0.3) is 0 Å². The molecule has 0 bridgehead atoms. The molecule has 8 aliphatic rings. The van der Waals surface area contributed by atoms with Crippen LogP contribution in [-0.2, 0) is 71.7 Å². The number of fused-ring (bicyclic) bond motifs is 3. The molecule has 2 aromatic heterocycles. The van der Waals surface area contributed by atoms with Crippen molar-refractivity contribution in [2.75, 3.05) is 136 Å². The van der Waals surface area contributed by atoms with Gasteiger partial charge in [0.15, 0.2) is 21.7 Å². The van der Waals surface area contributed by atoms with E-state index in [1.165, 1.54) is 94.6 Å². The van der Waals surface area contributed by atoms with Gasteiger partial charge >= 0.3 is 60.1 Å². The predicted octanol–water partition coefficient (Wildman–Crippen LogP) is 9.53. The van der Waals surface area contributed by atoms with Crippen molar-refractivity contribution in [2.24, 2.45) is 15.9 Å². The molecule has 6 amide bonds. The minimum Gasteiger partial charge on any atom is -0.475 e. The molecule has 676 valence electrons. The molecule has 32 nitrogen and oxygen atoms in total. The lowest BCUT2D eigenvalue weighted by Crippen LogP contribution is -2.61. The highest BCUT2D eigenvalue weighted by atomic mass is 35.5. The Morgan fingerprint density at radius 1 is 0.496 bits per heavy atom. The molecule has 2 unspecified atom stereocenters. The highest BCUT2D eigenvalue weighted by Gasteiger charge is 2.51. The number of aliphatic carboxylic acids is 1. The molecule has 127 heavy (non-hydrogen) atoms. The molecule has 0 saturated carbocycles.